The fourth-order valence-electron chi connectivity index (χ4n) is 3.25. The van der Waals surface area contributed by atoms with E-state index in [1.807, 2.05) is 0 Å². The summed E-state index contributed by atoms with van der Waals surface area (Å²) < 4.78 is 71.2. The molecule has 0 aromatic heterocycles. The summed E-state index contributed by atoms with van der Waals surface area (Å²) in [6, 6.07) is 7.76. The van der Waals surface area contributed by atoms with E-state index in [0.717, 1.165) is 12.1 Å². The number of aryl methyl sites for hydroxylation is 2. The molecule has 0 N–H and O–H groups in total. The van der Waals surface area contributed by atoms with Gasteiger partial charge in [-0.3, -0.25) is 5.11 Å². The quantitative estimate of drug-likeness (QED) is 0.443. The first-order chi connectivity index (χ1) is 14.3. The van der Waals surface area contributed by atoms with Crippen molar-refractivity contribution >= 4 is 0 Å². The highest BCUT2D eigenvalue weighted by atomic mass is 19.1. The second-order valence-electron chi connectivity index (χ2n) is 6.74. The van der Waals surface area contributed by atoms with E-state index >= 15 is 4.39 Å². The van der Waals surface area contributed by atoms with E-state index in [4.69, 9.17) is 5.26 Å². The van der Waals surface area contributed by atoms with Gasteiger partial charge in [0.1, 0.15) is 40.7 Å². The Bertz CT molecular complexity index is 1140. The highest BCUT2D eigenvalue weighted by Crippen LogP contribution is 2.37. The molecule has 3 aromatic carbocycles. The fraction of sp³-hybridized carbons (Fsp3) is 0.174. The maximum Gasteiger partial charge on any atom is 0.192 e. The third-order valence-corrected chi connectivity index (χ3v) is 4.87. The summed E-state index contributed by atoms with van der Waals surface area (Å²) in [7, 11) is 0. The van der Waals surface area contributed by atoms with Gasteiger partial charge in [0.05, 0.1) is 5.56 Å². The molecule has 0 spiro atoms. The van der Waals surface area contributed by atoms with Crippen molar-refractivity contribution in [3.8, 4) is 22.9 Å². The molecule has 3 rings (SSSR count). The van der Waals surface area contributed by atoms with Crippen LogP contribution in [0.2, 0.25) is 0 Å². The third kappa shape index (κ3) is 3.99. The van der Waals surface area contributed by atoms with Gasteiger partial charge >= 0.3 is 0 Å². The van der Waals surface area contributed by atoms with Gasteiger partial charge in [-0.1, -0.05) is 19.1 Å². The standard InChI is InChI=1S/C23H15F5NO/c1-2-12-3-5-14(17(24)7-12)22-21(30)10-20(27)15(23(22)28)6-4-13-8-18(25)16(11-29)19(26)9-13/h3,5,7-10H,2,4,6H2,1H3. The minimum Gasteiger partial charge on any atom is -0.289 e. The summed E-state index contributed by atoms with van der Waals surface area (Å²) in [6.45, 7) is 1.80. The van der Waals surface area contributed by atoms with Gasteiger partial charge in [0.15, 0.2) is 5.75 Å². The molecule has 0 fully saturated rings. The van der Waals surface area contributed by atoms with Crippen LogP contribution in [0.3, 0.4) is 0 Å². The van der Waals surface area contributed by atoms with Gasteiger partial charge in [0.25, 0.3) is 0 Å². The van der Waals surface area contributed by atoms with Crippen molar-refractivity contribution in [1.29, 1.82) is 5.26 Å². The predicted octanol–water partition coefficient (Wildman–Crippen LogP) is 6.41. The lowest BCUT2D eigenvalue weighted by atomic mass is 9.95. The number of nitrogens with zero attached hydrogens (tertiary/aromatic N) is 1. The van der Waals surface area contributed by atoms with Gasteiger partial charge in [0.2, 0.25) is 0 Å². The minimum absolute atomic E-state index is 0.0778. The van der Waals surface area contributed by atoms with Crippen LogP contribution in [0.5, 0.6) is 5.75 Å². The maximum atomic E-state index is 15.0. The Hall–Kier alpha value is -3.40. The zero-order valence-electron chi connectivity index (χ0n) is 15.8. The van der Waals surface area contributed by atoms with E-state index in [1.54, 1.807) is 13.0 Å². The van der Waals surface area contributed by atoms with E-state index in [9.17, 15) is 22.7 Å². The summed E-state index contributed by atoms with van der Waals surface area (Å²) in [5.74, 6) is -6.31. The summed E-state index contributed by atoms with van der Waals surface area (Å²) >= 11 is 0. The molecule has 0 saturated heterocycles. The highest BCUT2D eigenvalue weighted by molar-refractivity contribution is 5.72. The molecule has 0 aliphatic carbocycles. The van der Waals surface area contributed by atoms with E-state index in [-0.39, 0.29) is 24.0 Å². The van der Waals surface area contributed by atoms with Gasteiger partial charge < -0.3 is 0 Å². The Morgan fingerprint density at radius 3 is 2.03 bits per heavy atom. The van der Waals surface area contributed by atoms with Gasteiger partial charge in [-0.15, -0.1) is 0 Å². The zero-order valence-corrected chi connectivity index (χ0v) is 15.8. The summed E-state index contributed by atoms with van der Waals surface area (Å²) in [5.41, 5.74) is -1.39. The molecule has 0 atom stereocenters. The second-order valence-corrected chi connectivity index (χ2v) is 6.74. The first kappa shape index (κ1) is 21.3. The van der Waals surface area contributed by atoms with Crippen LogP contribution < -0.4 is 0 Å². The molecule has 0 saturated carbocycles. The minimum atomic E-state index is -1.21. The van der Waals surface area contributed by atoms with Crippen molar-refractivity contribution in [3.63, 3.8) is 0 Å². The Kier molecular flexibility index (Phi) is 6.06. The van der Waals surface area contributed by atoms with Crippen LogP contribution in [-0.2, 0) is 24.4 Å². The molecule has 0 bridgehead atoms. The van der Waals surface area contributed by atoms with E-state index < -0.39 is 51.5 Å². The van der Waals surface area contributed by atoms with Gasteiger partial charge in [0, 0.05) is 17.2 Å². The summed E-state index contributed by atoms with van der Waals surface area (Å²) in [4.78, 5) is 0. The summed E-state index contributed by atoms with van der Waals surface area (Å²) in [5, 5.41) is 20.9. The van der Waals surface area contributed by atoms with Crippen LogP contribution in [0.4, 0.5) is 22.0 Å². The van der Waals surface area contributed by atoms with Crippen molar-refractivity contribution in [3.05, 3.63) is 87.7 Å². The lowest BCUT2D eigenvalue weighted by molar-refractivity contribution is 0.350. The van der Waals surface area contributed by atoms with E-state index in [0.29, 0.717) is 18.1 Å². The molecule has 30 heavy (non-hydrogen) atoms. The topological polar surface area (TPSA) is 43.7 Å². The highest BCUT2D eigenvalue weighted by Gasteiger charge is 2.23. The van der Waals surface area contributed by atoms with Gasteiger partial charge in [-0.2, -0.15) is 5.26 Å². The molecular weight excluding hydrogens is 401 g/mol. The first-order valence-corrected chi connectivity index (χ1v) is 9.11. The lowest BCUT2D eigenvalue weighted by Crippen LogP contribution is -2.03. The average Bonchev–Trinajstić information content (AvgIpc) is 2.68. The lowest BCUT2D eigenvalue weighted by Gasteiger charge is -2.13. The van der Waals surface area contributed by atoms with E-state index in [2.05, 4.69) is 0 Å². The van der Waals surface area contributed by atoms with Crippen LogP contribution in [-0.4, -0.2) is 0 Å². The maximum absolute atomic E-state index is 15.0. The van der Waals surface area contributed by atoms with Crippen molar-refractivity contribution in [1.82, 2.24) is 0 Å². The molecule has 0 aliphatic rings. The number of hydrogen-bond donors (Lipinski definition) is 0. The molecule has 0 unspecified atom stereocenters. The Morgan fingerprint density at radius 2 is 1.47 bits per heavy atom. The molecule has 3 aromatic rings. The van der Waals surface area contributed by atoms with Crippen LogP contribution in [0.1, 0.15) is 29.2 Å². The molecule has 0 amide bonds. The predicted molar refractivity (Wildman–Crippen MR) is 99.7 cm³/mol. The zero-order chi connectivity index (χ0) is 22.0. The van der Waals surface area contributed by atoms with Gasteiger partial charge in [-0.25, -0.2) is 22.0 Å². The number of rotatable bonds is 5. The molecule has 1 radical (unpaired) electrons. The van der Waals surface area contributed by atoms with Crippen LogP contribution >= 0.6 is 0 Å². The SMILES string of the molecule is CCc1ccc(-c2c([O])cc(F)c(CCc3cc(F)c(C#N)c(F)c3)c2F)c(F)c1. The smallest absolute Gasteiger partial charge is 0.192 e. The number of nitriles is 1. The number of halogens is 5. The van der Waals surface area contributed by atoms with Crippen molar-refractivity contribution < 1.29 is 27.1 Å². The monoisotopic (exact) mass is 416 g/mol. The normalized spacial score (nSPS) is 10.8. The van der Waals surface area contributed by atoms with Crippen LogP contribution in [0.25, 0.3) is 11.1 Å². The van der Waals surface area contributed by atoms with Crippen LogP contribution in [0, 0.1) is 40.4 Å². The Balaban J connectivity index is 1.99. The largest absolute Gasteiger partial charge is 0.289 e. The Labute approximate surface area is 169 Å². The number of hydrogen-bond acceptors (Lipinski definition) is 1. The molecule has 0 aliphatic heterocycles. The Morgan fingerprint density at radius 1 is 0.833 bits per heavy atom. The third-order valence-electron chi connectivity index (χ3n) is 4.87. The molecule has 153 valence electrons. The van der Waals surface area contributed by atoms with Crippen molar-refractivity contribution in [2.24, 2.45) is 0 Å². The fourth-order valence-corrected chi connectivity index (χ4v) is 3.25. The molecule has 2 nitrogen and oxygen atoms in total. The second kappa shape index (κ2) is 8.54. The number of benzene rings is 3. The molecule has 0 heterocycles. The van der Waals surface area contributed by atoms with Crippen LogP contribution in [0.15, 0.2) is 36.4 Å². The average molecular weight is 416 g/mol. The molecular formula is C23H15F5NO. The van der Waals surface area contributed by atoms with Gasteiger partial charge in [-0.05, 0) is 48.6 Å². The first-order valence-electron chi connectivity index (χ1n) is 9.11. The van der Waals surface area contributed by atoms with Crippen molar-refractivity contribution in [2.45, 2.75) is 26.2 Å². The summed E-state index contributed by atoms with van der Waals surface area (Å²) in [6.07, 6.45) is 0.0446. The van der Waals surface area contributed by atoms with E-state index in [1.165, 1.54) is 18.2 Å². The molecule has 7 heteroatoms. The van der Waals surface area contributed by atoms with Crippen molar-refractivity contribution in [2.75, 3.05) is 0 Å².